The Labute approximate surface area is 164 Å². The second kappa shape index (κ2) is 8.59. The first-order valence-electron chi connectivity index (χ1n) is 8.12. The Morgan fingerprint density at radius 2 is 1.60 bits per heavy atom. The molecule has 2 aromatic rings. The van der Waals surface area contributed by atoms with Crippen LogP contribution in [0.3, 0.4) is 0 Å². The van der Waals surface area contributed by atoms with Crippen LogP contribution in [0.1, 0.15) is 34.8 Å². The lowest BCUT2D eigenvalue weighted by Gasteiger charge is -2.15. The fraction of sp³-hybridized carbons (Fsp3) is 0.222. The van der Waals surface area contributed by atoms with Crippen LogP contribution >= 0.6 is 0 Å². The van der Waals surface area contributed by atoms with Crippen molar-refractivity contribution in [3.05, 3.63) is 58.2 Å². The van der Waals surface area contributed by atoms with Crippen LogP contribution in [-0.2, 0) is 17.5 Å². The van der Waals surface area contributed by atoms with Crippen LogP contribution < -0.4 is 10.1 Å². The topological polar surface area (TPSA) is 75.6 Å². The average molecular weight is 439 g/mol. The van der Waals surface area contributed by atoms with Crippen LogP contribution in [0.25, 0.3) is 0 Å². The van der Waals surface area contributed by atoms with Gasteiger partial charge in [-0.25, -0.2) is 22.4 Å². The number of hydrogen-bond donors (Lipinski definition) is 2. The summed E-state index contributed by atoms with van der Waals surface area (Å²) in [5.74, 6) is -12.3. The van der Waals surface area contributed by atoms with Gasteiger partial charge < -0.3 is 15.2 Å². The van der Waals surface area contributed by atoms with Gasteiger partial charge in [0.05, 0.1) is 0 Å². The van der Waals surface area contributed by atoms with E-state index in [0.29, 0.717) is 0 Å². The summed E-state index contributed by atoms with van der Waals surface area (Å²) in [6.07, 6.45) is -5.72. The largest absolute Gasteiger partial charge is 0.478 e. The molecule has 0 amide bonds. The SMILES string of the molecule is CCC(=O)Oc1ccc(NCc2c(F)c(F)c(C(F)(F)F)c(F)c2F)cc1C(=O)O. The monoisotopic (exact) mass is 439 g/mol. The van der Waals surface area contributed by atoms with E-state index in [1.165, 1.54) is 6.92 Å². The number of esters is 1. The van der Waals surface area contributed by atoms with Crippen LogP contribution in [0.15, 0.2) is 18.2 Å². The number of carbonyl (C=O) groups excluding carboxylic acids is 1. The number of benzene rings is 2. The minimum Gasteiger partial charge on any atom is -0.478 e. The number of carbonyl (C=O) groups is 2. The van der Waals surface area contributed by atoms with E-state index in [4.69, 9.17) is 4.74 Å². The number of aromatic carboxylic acids is 1. The predicted octanol–water partition coefficient (Wildman–Crippen LogP) is 4.89. The number of alkyl halides is 3. The Kier molecular flexibility index (Phi) is 6.58. The van der Waals surface area contributed by atoms with Crippen molar-refractivity contribution >= 4 is 17.6 Å². The van der Waals surface area contributed by atoms with E-state index in [0.717, 1.165) is 18.2 Å². The van der Waals surface area contributed by atoms with Gasteiger partial charge in [0.2, 0.25) is 0 Å². The fourth-order valence-electron chi connectivity index (χ4n) is 2.36. The van der Waals surface area contributed by atoms with E-state index >= 15 is 0 Å². The highest BCUT2D eigenvalue weighted by Crippen LogP contribution is 2.37. The molecule has 0 spiro atoms. The van der Waals surface area contributed by atoms with Crippen molar-refractivity contribution in [2.45, 2.75) is 26.1 Å². The van der Waals surface area contributed by atoms with Crippen LogP contribution in [-0.4, -0.2) is 17.0 Å². The molecule has 0 atom stereocenters. The van der Waals surface area contributed by atoms with Crippen molar-refractivity contribution in [1.29, 1.82) is 0 Å². The Hall–Kier alpha value is -3.31. The molecule has 0 saturated carbocycles. The summed E-state index contributed by atoms with van der Waals surface area (Å²) in [4.78, 5) is 22.6. The van der Waals surface area contributed by atoms with Gasteiger partial charge in [0.1, 0.15) is 16.9 Å². The van der Waals surface area contributed by atoms with E-state index in [2.05, 4.69) is 5.32 Å². The molecule has 2 rings (SSSR count). The lowest BCUT2D eigenvalue weighted by atomic mass is 10.1. The normalized spacial score (nSPS) is 11.3. The van der Waals surface area contributed by atoms with Crippen molar-refractivity contribution in [3.63, 3.8) is 0 Å². The number of carboxylic acids is 1. The predicted molar refractivity (Wildman–Crippen MR) is 87.9 cm³/mol. The molecule has 0 bridgehead atoms. The highest BCUT2D eigenvalue weighted by Gasteiger charge is 2.42. The molecule has 0 radical (unpaired) electrons. The third-order valence-electron chi connectivity index (χ3n) is 3.83. The molecule has 162 valence electrons. The molecule has 5 nitrogen and oxygen atoms in total. The lowest BCUT2D eigenvalue weighted by Crippen LogP contribution is -2.18. The van der Waals surface area contributed by atoms with E-state index in [9.17, 15) is 45.4 Å². The Morgan fingerprint density at radius 3 is 2.07 bits per heavy atom. The van der Waals surface area contributed by atoms with Gasteiger partial charge in [-0.15, -0.1) is 0 Å². The maximum Gasteiger partial charge on any atom is 0.422 e. The van der Waals surface area contributed by atoms with Crippen LogP contribution in [0.5, 0.6) is 5.75 Å². The number of halogens is 7. The summed E-state index contributed by atoms with van der Waals surface area (Å²) in [6.45, 7) is 0.445. The van der Waals surface area contributed by atoms with Crippen molar-refractivity contribution in [2.24, 2.45) is 0 Å². The van der Waals surface area contributed by atoms with Gasteiger partial charge >= 0.3 is 18.1 Å². The van der Waals surface area contributed by atoms with Gasteiger partial charge in [0.15, 0.2) is 23.3 Å². The van der Waals surface area contributed by atoms with Gasteiger partial charge in [-0.05, 0) is 18.2 Å². The number of hydrogen-bond acceptors (Lipinski definition) is 4. The molecule has 0 aliphatic heterocycles. The van der Waals surface area contributed by atoms with Crippen molar-refractivity contribution in [1.82, 2.24) is 0 Å². The van der Waals surface area contributed by atoms with E-state index < -0.39 is 64.6 Å². The maximum atomic E-state index is 13.9. The number of carboxylic acid groups (broad SMARTS) is 1. The molecule has 12 heteroatoms. The van der Waals surface area contributed by atoms with E-state index in [-0.39, 0.29) is 17.9 Å². The quantitative estimate of drug-likeness (QED) is 0.290. The molecule has 2 aromatic carbocycles. The molecule has 0 saturated heterocycles. The van der Waals surface area contributed by atoms with Gasteiger partial charge in [-0.3, -0.25) is 4.79 Å². The Morgan fingerprint density at radius 1 is 1.03 bits per heavy atom. The molecule has 0 unspecified atom stereocenters. The standard InChI is InChI=1S/C18H12F7NO4/c1-2-11(27)30-10-4-3-7(5-8(10)17(28)29)26-6-9-13(19)15(21)12(18(23,24)25)16(22)14(9)20/h3-5,26H,2,6H2,1H3,(H,28,29). The smallest absolute Gasteiger partial charge is 0.422 e. The van der Waals surface area contributed by atoms with Crippen LogP contribution in [0, 0.1) is 23.3 Å². The first-order valence-corrected chi connectivity index (χ1v) is 8.12. The molecule has 2 N–H and O–H groups in total. The number of rotatable bonds is 6. The second-order valence-electron chi connectivity index (χ2n) is 5.80. The second-order valence-corrected chi connectivity index (χ2v) is 5.80. The third-order valence-corrected chi connectivity index (χ3v) is 3.83. The highest BCUT2D eigenvalue weighted by atomic mass is 19.4. The Bertz CT molecular complexity index is 976. The molecule has 0 aromatic heterocycles. The zero-order chi connectivity index (χ0) is 22.8. The number of nitrogens with one attached hydrogen (secondary N) is 1. The summed E-state index contributed by atoms with van der Waals surface area (Å²) in [7, 11) is 0. The van der Waals surface area contributed by atoms with Gasteiger partial charge in [0, 0.05) is 24.2 Å². The zero-order valence-corrected chi connectivity index (χ0v) is 15.0. The van der Waals surface area contributed by atoms with Crippen LogP contribution in [0.2, 0.25) is 0 Å². The summed E-state index contributed by atoms with van der Waals surface area (Å²) in [5, 5.41) is 11.4. The lowest BCUT2D eigenvalue weighted by molar-refractivity contribution is -0.143. The van der Waals surface area contributed by atoms with Crippen molar-refractivity contribution in [2.75, 3.05) is 5.32 Å². The highest BCUT2D eigenvalue weighted by molar-refractivity contribution is 5.93. The molecular formula is C18H12F7NO4. The molecule has 0 aliphatic rings. The fourth-order valence-corrected chi connectivity index (χ4v) is 2.36. The van der Waals surface area contributed by atoms with Crippen LogP contribution in [0.4, 0.5) is 36.4 Å². The van der Waals surface area contributed by atoms with E-state index in [1.54, 1.807) is 0 Å². The average Bonchev–Trinajstić information content (AvgIpc) is 2.66. The van der Waals surface area contributed by atoms with Gasteiger partial charge in [-0.1, -0.05) is 6.92 Å². The number of ether oxygens (including phenoxy) is 1. The summed E-state index contributed by atoms with van der Waals surface area (Å²) in [6, 6.07) is 3.06. The minimum atomic E-state index is -5.66. The van der Waals surface area contributed by atoms with Gasteiger partial charge in [-0.2, -0.15) is 13.2 Å². The van der Waals surface area contributed by atoms with Crippen molar-refractivity contribution < 1.29 is 50.2 Å². The molecule has 0 fully saturated rings. The van der Waals surface area contributed by atoms with Gasteiger partial charge in [0.25, 0.3) is 0 Å². The molecule has 0 heterocycles. The Balaban J connectivity index is 2.37. The molecule has 0 aliphatic carbocycles. The summed E-state index contributed by atoms with van der Waals surface area (Å²) in [5.41, 5.74) is -4.72. The van der Waals surface area contributed by atoms with E-state index in [1.807, 2.05) is 0 Å². The first kappa shape index (κ1) is 23.0. The maximum absolute atomic E-state index is 13.9. The molecule has 30 heavy (non-hydrogen) atoms. The third kappa shape index (κ3) is 4.63. The minimum absolute atomic E-state index is 0.0529. The number of anilines is 1. The van der Waals surface area contributed by atoms with Crippen molar-refractivity contribution in [3.8, 4) is 5.75 Å². The summed E-state index contributed by atoms with van der Waals surface area (Å²) >= 11 is 0. The molecular weight excluding hydrogens is 427 g/mol. The first-order chi connectivity index (χ1) is 13.9. The zero-order valence-electron chi connectivity index (χ0n) is 15.0. The summed E-state index contributed by atoms with van der Waals surface area (Å²) < 4.78 is 97.8.